The molecule has 7 heteroatoms. The Kier molecular flexibility index (Phi) is 6.61. The SMILES string of the molecule is CC(CCc1ccc(C(F)(F)F)cc1)NC(CCO)c1ccn(C)n1. The number of nitrogens with one attached hydrogen (secondary N) is 1. The van der Waals surface area contributed by atoms with Gasteiger partial charge >= 0.3 is 6.18 Å². The molecule has 0 aliphatic heterocycles. The predicted molar refractivity (Wildman–Crippen MR) is 90.0 cm³/mol. The topological polar surface area (TPSA) is 50.1 Å². The average molecular weight is 355 g/mol. The molecule has 1 aromatic heterocycles. The molecular weight excluding hydrogens is 331 g/mol. The number of hydrogen-bond donors (Lipinski definition) is 2. The van der Waals surface area contributed by atoms with Crippen molar-refractivity contribution in [1.29, 1.82) is 0 Å². The van der Waals surface area contributed by atoms with Gasteiger partial charge < -0.3 is 10.4 Å². The van der Waals surface area contributed by atoms with Gasteiger partial charge in [-0.05, 0) is 49.9 Å². The highest BCUT2D eigenvalue weighted by molar-refractivity contribution is 5.24. The zero-order chi connectivity index (χ0) is 18.4. The summed E-state index contributed by atoms with van der Waals surface area (Å²) in [5, 5.41) is 17.1. The summed E-state index contributed by atoms with van der Waals surface area (Å²) in [6, 6.07) is 7.30. The van der Waals surface area contributed by atoms with Crippen LogP contribution in [0.4, 0.5) is 13.2 Å². The van der Waals surface area contributed by atoms with E-state index in [4.69, 9.17) is 0 Å². The highest BCUT2D eigenvalue weighted by atomic mass is 19.4. The van der Waals surface area contributed by atoms with Crippen molar-refractivity contribution in [2.24, 2.45) is 7.05 Å². The Morgan fingerprint density at radius 3 is 2.36 bits per heavy atom. The summed E-state index contributed by atoms with van der Waals surface area (Å²) in [6.07, 6.45) is -0.427. The van der Waals surface area contributed by atoms with Crippen molar-refractivity contribution < 1.29 is 18.3 Å². The fourth-order valence-corrected chi connectivity index (χ4v) is 2.73. The molecule has 1 heterocycles. The number of benzene rings is 1. The third kappa shape index (κ3) is 5.86. The van der Waals surface area contributed by atoms with Crippen molar-refractivity contribution in [1.82, 2.24) is 15.1 Å². The maximum atomic E-state index is 12.6. The molecule has 2 atom stereocenters. The van der Waals surface area contributed by atoms with Gasteiger partial charge in [0.15, 0.2) is 0 Å². The third-order valence-corrected chi connectivity index (χ3v) is 4.14. The summed E-state index contributed by atoms with van der Waals surface area (Å²) in [4.78, 5) is 0. The van der Waals surface area contributed by atoms with Crippen LogP contribution in [0, 0.1) is 0 Å². The number of alkyl halides is 3. The van der Waals surface area contributed by atoms with Crippen molar-refractivity contribution in [2.75, 3.05) is 6.61 Å². The van der Waals surface area contributed by atoms with Crippen molar-refractivity contribution >= 4 is 0 Å². The second kappa shape index (κ2) is 8.49. The van der Waals surface area contributed by atoms with E-state index in [-0.39, 0.29) is 18.7 Å². The molecule has 0 saturated carbocycles. The van der Waals surface area contributed by atoms with Gasteiger partial charge in [-0.15, -0.1) is 0 Å². The van der Waals surface area contributed by atoms with E-state index in [1.165, 1.54) is 12.1 Å². The van der Waals surface area contributed by atoms with E-state index in [0.717, 1.165) is 29.8 Å². The van der Waals surface area contributed by atoms with Crippen molar-refractivity contribution in [3.05, 3.63) is 53.3 Å². The molecule has 0 saturated heterocycles. The van der Waals surface area contributed by atoms with Gasteiger partial charge in [0, 0.05) is 25.9 Å². The third-order valence-electron chi connectivity index (χ3n) is 4.14. The van der Waals surface area contributed by atoms with E-state index in [0.29, 0.717) is 12.8 Å². The van der Waals surface area contributed by atoms with Gasteiger partial charge in [0.25, 0.3) is 0 Å². The highest BCUT2D eigenvalue weighted by Gasteiger charge is 2.29. The normalized spacial score (nSPS) is 14.5. The van der Waals surface area contributed by atoms with Crippen LogP contribution in [0.5, 0.6) is 0 Å². The van der Waals surface area contributed by atoms with Crippen molar-refractivity contribution in [3.63, 3.8) is 0 Å². The largest absolute Gasteiger partial charge is 0.416 e. The summed E-state index contributed by atoms with van der Waals surface area (Å²) >= 11 is 0. The molecule has 4 nitrogen and oxygen atoms in total. The number of rotatable bonds is 8. The molecule has 0 spiro atoms. The monoisotopic (exact) mass is 355 g/mol. The van der Waals surface area contributed by atoms with Crippen LogP contribution < -0.4 is 5.32 Å². The number of aryl methyl sites for hydroxylation is 2. The number of halogens is 3. The highest BCUT2D eigenvalue weighted by Crippen LogP contribution is 2.29. The molecule has 0 fully saturated rings. The second-order valence-corrected chi connectivity index (χ2v) is 6.28. The zero-order valence-corrected chi connectivity index (χ0v) is 14.4. The fourth-order valence-electron chi connectivity index (χ4n) is 2.73. The lowest BCUT2D eigenvalue weighted by atomic mass is 10.0. The molecule has 2 N–H and O–H groups in total. The van der Waals surface area contributed by atoms with Gasteiger partial charge in [-0.2, -0.15) is 18.3 Å². The predicted octanol–water partition coefficient (Wildman–Crippen LogP) is 3.47. The Hall–Kier alpha value is -1.86. The van der Waals surface area contributed by atoms with Gasteiger partial charge in [0.1, 0.15) is 0 Å². The van der Waals surface area contributed by atoms with Crippen LogP contribution in [0.1, 0.15) is 42.6 Å². The van der Waals surface area contributed by atoms with Crippen molar-refractivity contribution in [3.8, 4) is 0 Å². The van der Waals surface area contributed by atoms with Crippen LogP contribution in [-0.2, 0) is 19.6 Å². The van der Waals surface area contributed by atoms with E-state index >= 15 is 0 Å². The summed E-state index contributed by atoms with van der Waals surface area (Å²) in [5.74, 6) is 0. The average Bonchev–Trinajstić information content (AvgIpc) is 2.98. The maximum Gasteiger partial charge on any atom is 0.416 e. The molecule has 0 aliphatic rings. The maximum absolute atomic E-state index is 12.6. The van der Waals surface area contributed by atoms with Gasteiger partial charge in [-0.25, -0.2) is 0 Å². The first-order chi connectivity index (χ1) is 11.8. The molecule has 2 rings (SSSR count). The number of aliphatic hydroxyl groups is 1. The van der Waals surface area contributed by atoms with Crippen LogP contribution in [0.25, 0.3) is 0 Å². The summed E-state index contributed by atoms with van der Waals surface area (Å²) < 4.78 is 39.4. The molecule has 2 unspecified atom stereocenters. The summed E-state index contributed by atoms with van der Waals surface area (Å²) in [5.41, 5.74) is 1.12. The fraction of sp³-hybridized carbons (Fsp3) is 0.500. The number of aliphatic hydroxyl groups excluding tert-OH is 1. The lowest BCUT2D eigenvalue weighted by molar-refractivity contribution is -0.137. The summed E-state index contributed by atoms with van der Waals surface area (Å²) in [7, 11) is 1.84. The van der Waals surface area contributed by atoms with Gasteiger partial charge in [0.2, 0.25) is 0 Å². The Labute approximate surface area is 145 Å². The number of hydrogen-bond acceptors (Lipinski definition) is 3. The Morgan fingerprint density at radius 1 is 1.16 bits per heavy atom. The molecule has 2 aromatic rings. The molecular formula is C18H24F3N3O. The van der Waals surface area contributed by atoms with Crippen molar-refractivity contribution in [2.45, 2.75) is 44.4 Å². The van der Waals surface area contributed by atoms with E-state index < -0.39 is 11.7 Å². The first-order valence-electron chi connectivity index (χ1n) is 8.32. The molecule has 1 aromatic carbocycles. The molecule has 25 heavy (non-hydrogen) atoms. The standard InChI is InChI=1S/C18H24F3N3O/c1-13(22-16(10-12-25)17-9-11-24(2)23-17)3-4-14-5-7-15(8-6-14)18(19,20)21/h5-9,11,13,16,22,25H,3-4,10,12H2,1-2H3. The molecule has 0 radical (unpaired) electrons. The molecule has 0 bridgehead atoms. The minimum atomic E-state index is -4.30. The second-order valence-electron chi connectivity index (χ2n) is 6.28. The number of aromatic nitrogens is 2. The van der Waals surface area contributed by atoms with E-state index in [1.54, 1.807) is 4.68 Å². The van der Waals surface area contributed by atoms with E-state index in [9.17, 15) is 18.3 Å². The minimum Gasteiger partial charge on any atom is -0.396 e. The lowest BCUT2D eigenvalue weighted by Gasteiger charge is -2.21. The van der Waals surface area contributed by atoms with Crippen LogP contribution >= 0.6 is 0 Å². The molecule has 0 amide bonds. The quantitative estimate of drug-likeness (QED) is 0.762. The first kappa shape index (κ1) is 19.5. The van der Waals surface area contributed by atoms with Crippen LogP contribution in [-0.4, -0.2) is 27.5 Å². The van der Waals surface area contributed by atoms with E-state index in [1.807, 2.05) is 26.2 Å². The van der Waals surface area contributed by atoms with Gasteiger partial charge in [-0.1, -0.05) is 12.1 Å². The van der Waals surface area contributed by atoms with Crippen LogP contribution in [0.2, 0.25) is 0 Å². The van der Waals surface area contributed by atoms with Crippen LogP contribution in [0.15, 0.2) is 36.5 Å². The molecule has 138 valence electrons. The lowest BCUT2D eigenvalue weighted by Crippen LogP contribution is -2.32. The smallest absolute Gasteiger partial charge is 0.396 e. The van der Waals surface area contributed by atoms with Gasteiger partial charge in [-0.3, -0.25) is 4.68 Å². The minimum absolute atomic E-state index is 0.0474. The zero-order valence-electron chi connectivity index (χ0n) is 14.4. The Balaban J connectivity index is 1.89. The Bertz CT molecular complexity index is 652. The Morgan fingerprint density at radius 2 is 1.84 bits per heavy atom. The number of nitrogens with zero attached hydrogens (tertiary/aromatic N) is 2. The summed E-state index contributed by atoms with van der Waals surface area (Å²) in [6.45, 7) is 2.08. The van der Waals surface area contributed by atoms with Crippen LogP contribution in [0.3, 0.4) is 0 Å². The van der Waals surface area contributed by atoms with Gasteiger partial charge in [0.05, 0.1) is 17.3 Å². The van der Waals surface area contributed by atoms with E-state index in [2.05, 4.69) is 10.4 Å². The molecule has 0 aliphatic carbocycles. The first-order valence-corrected chi connectivity index (χ1v) is 8.32.